The van der Waals surface area contributed by atoms with Gasteiger partial charge in [-0.05, 0) is 12.1 Å². The molecule has 3 aromatic rings. The molecule has 0 aliphatic heterocycles. The first kappa shape index (κ1) is 16.8. The summed E-state index contributed by atoms with van der Waals surface area (Å²) in [6.45, 7) is 10.1. The number of pyridine rings is 2. The van der Waals surface area contributed by atoms with Crippen LogP contribution in [0.3, 0.4) is 0 Å². The Morgan fingerprint density at radius 1 is 0.667 bits per heavy atom. The van der Waals surface area contributed by atoms with Gasteiger partial charge in [-0.25, -0.2) is 9.97 Å². The zero-order chi connectivity index (χ0) is 17.1. The topological polar surface area (TPSA) is 49.8 Å². The summed E-state index contributed by atoms with van der Waals surface area (Å²) in [5.74, 6) is 0. The summed E-state index contributed by atoms with van der Waals surface area (Å²) in [6, 6.07) is 13.6. The second kappa shape index (κ2) is 7.24. The summed E-state index contributed by atoms with van der Waals surface area (Å²) < 4.78 is 0. The van der Waals surface area contributed by atoms with Gasteiger partial charge in [0.2, 0.25) is 0 Å². The number of hydrogen-bond acceptors (Lipinski definition) is 4. The van der Waals surface area contributed by atoms with Gasteiger partial charge in [-0.2, -0.15) is 0 Å². The van der Waals surface area contributed by atoms with Crippen LogP contribution in [0.1, 0.15) is 39.1 Å². The maximum atomic E-state index is 4.87. The molecule has 0 unspecified atom stereocenters. The van der Waals surface area contributed by atoms with Gasteiger partial charge in [0.25, 0.3) is 0 Å². The molecule has 0 atom stereocenters. The number of hydrogen-bond donors (Lipinski definition) is 2. The Bertz CT molecular complexity index is 769. The summed E-state index contributed by atoms with van der Waals surface area (Å²) in [5, 5.41) is 9.12. The monoisotopic (exact) mass is 322 g/mol. The predicted octanol–water partition coefficient (Wildman–Crippen LogP) is 3.78. The molecule has 2 aromatic heterocycles. The van der Waals surface area contributed by atoms with Crippen LogP contribution in [0.2, 0.25) is 0 Å². The highest BCUT2D eigenvalue weighted by Gasteiger charge is 2.07. The Labute approximate surface area is 143 Å². The van der Waals surface area contributed by atoms with Crippen LogP contribution in [0, 0.1) is 0 Å². The molecule has 0 fully saturated rings. The van der Waals surface area contributed by atoms with Crippen molar-refractivity contribution in [3.63, 3.8) is 0 Å². The third-order valence-electron chi connectivity index (χ3n) is 4.02. The first-order valence-electron chi connectivity index (χ1n) is 8.68. The number of benzene rings is 1. The molecule has 0 amide bonds. The van der Waals surface area contributed by atoms with Crippen molar-refractivity contribution in [1.29, 1.82) is 0 Å². The Balaban J connectivity index is 2.01. The zero-order valence-electron chi connectivity index (χ0n) is 14.9. The lowest BCUT2D eigenvalue weighted by Crippen LogP contribution is -2.22. The van der Waals surface area contributed by atoms with E-state index in [1.165, 1.54) is 0 Å². The van der Waals surface area contributed by atoms with Crippen LogP contribution in [0.5, 0.6) is 0 Å². The van der Waals surface area contributed by atoms with Crippen LogP contribution in [0.25, 0.3) is 21.8 Å². The molecular formula is C20H26N4. The van der Waals surface area contributed by atoms with Crippen LogP contribution < -0.4 is 10.6 Å². The Hall–Kier alpha value is -2.04. The SMILES string of the molecule is CC(C)NCc1ccc2ccc3ccc(CNC(C)C)nc3c2n1. The third-order valence-corrected chi connectivity index (χ3v) is 4.02. The molecule has 2 heterocycles. The van der Waals surface area contributed by atoms with Gasteiger partial charge in [0.05, 0.1) is 22.4 Å². The summed E-state index contributed by atoms with van der Waals surface area (Å²) in [7, 11) is 0. The minimum absolute atomic E-state index is 0.446. The molecule has 0 saturated carbocycles. The molecule has 0 spiro atoms. The van der Waals surface area contributed by atoms with Crippen molar-refractivity contribution in [3.05, 3.63) is 47.8 Å². The average molecular weight is 322 g/mol. The minimum atomic E-state index is 0.446. The molecule has 0 radical (unpaired) electrons. The van der Waals surface area contributed by atoms with Crippen LogP contribution >= 0.6 is 0 Å². The number of rotatable bonds is 6. The third kappa shape index (κ3) is 3.89. The fourth-order valence-corrected chi connectivity index (χ4v) is 2.66. The van der Waals surface area contributed by atoms with Gasteiger partial charge in [-0.1, -0.05) is 52.0 Å². The predicted molar refractivity (Wildman–Crippen MR) is 101 cm³/mol. The fourth-order valence-electron chi connectivity index (χ4n) is 2.66. The number of aromatic nitrogens is 2. The quantitative estimate of drug-likeness (QED) is 0.678. The van der Waals surface area contributed by atoms with Crippen molar-refractivity contribution in [2.24, 2.45) is 0 Å². The van der Waals surface area contributed by atoms with Crippen molar-refractivity contribution in [1.82, 2.24) is 20.6 Å². The summed E-state index contributed by atoms with van der Waals surface area (Å²) in [4.78, 5) is 9.73. The van der Waals surface area contributed by atoms with Gasteiger partial charge < -0.3 is 10.6 Å². The summed E-state index contributed by atoms with van der Waals surface area (Å²) in [6.07, 6.45) is 0. The van der Waals surface area contributed by atoms with Crippen LogP contribution in [-0.2, 0) is 13.1 Å². The molecule has 3 rings (SSSR count). The average Bonchev–Trinajstić information content (AvgIpc) is 2.57. The van der Waals surface area contributed by atoms with Crippen molar-refractivity contribution in [3.8, 4) is 0 Å². The van der Waals surface area contributed by atoms with E-state index in [1.54, 1.807) is 0 Å². The highest BCUT2D eigenvalue weighted by atomic mass is 14.9. The Kier molecular flexibility index (Phi) is 5.07. The van der Waals surface area contributed by atoms with E-state index in [-0.39, 0.29) is 0 Å². The molecule has 0 saturated heterocycles. The van der Waals surface area contributed by atoms with Crippen LogP contribution in [0.4, 0.5) is 0 Å². The smallest absolute Gasteiger partial charge is 0.0968 e. The second-order valence-electron chi connectivity index (χ2n) is 6.89. The van der Waals surface area contributed by atoms with E-state index >= 15 is 0 Å². The molecule has 2 N–H and O–H groups in total. The first-order chi connectivity index (χ1) is 11.5. The van der Waals surface area contributed by atoms with Gasteiger partial charge in [-0.3, -0.25) is 0 Å². The molecule has 0 bridgehead atoms. The maximum absolute atomic E-state index is 4.87. The lowest BCUT2D eigenvalue weighted by molar-refractivity contribution is 0.582. The van der Waals surface area contributed by atoms with E-state index in [0.717, 1.165) is 46.3 Å². The molecule has 0 aliphatic rings. The number of fused-ring (bicyclic) bond motifs is 3. The highest BCUT2D eigenvalue weighted by Crippen LogP contribution is 2.23. The second-order valence-corrected chi connectivity index (χ2v) is 6.89. The normalized spacial score (nSPS) is 11.9. The van der Waals surface area contributed by atoms with Crippen molar-refractivity contribution >= 4 is 21.8 Å². The van der Waals surface area contributed by atoms with E-state index < -0.39 is 0 Å². The lowest BCUT2D eigenvalue weighted by atomic mass is 10.1. The van der Waals surface area contributed by atoms with E-state index in [2.05, 4.69) is 74.7 Å². The zero-order valence-corrected chi connectivity index (χ0v) is 14.9. The number of nitrogens with one attached hydrogen (secondary N) is 2. The van der Waals surface area contributed by atoms with Crippen molar-refractivity contribution < 1.29 is 0 Å². The van der Waals surface area contributed by atoms with Gasteiger partial charge in [0.15, 0.2) is 0 Å². The molecule has 1 aromatic carbocycles. The highest BCUT2D eigenvalue weighted by molar-refractivity contribution is 6.02. The summed E-state index contributed by atoms with van der Waals surface area (Å²) in [5.41, 5.74) is 4.08. The van der Waals surface area contributed by atoms with E-state index in [1.807, 2.05) is 0 Å². The van der Waals surface area contributed by atoms with Gasteiger partial charge in [0, 0.05) is 35.9 Å². The van der Waals surface area contributed by atoms with Gasteiger partial charge in [0.1, 0.15) is 0 Å². The van der Waals surface area contributed by atoms with E-state index in [4.69, 9.17) is 9.97 Å². The Morgan fingerprint density at radius 3 is 1.42 bits per heavy atom. The van der Waals surface area contributed by atoms with Crippen LogP contribution in [0.15, 0.2) is 36.4 Å². The molecule has 4 heteroatoms. The van der Waals surface area contributed by atoms with E-state index in [9.17, 15) is 0 Å². The molecule has 126 valence electrons. The lowest BCUT2D eigenvalue weighted by Gasteiger charge is -2.11. The largest absolute Gasteiger partial charge is 0.309 e. The van der Waals surface area contributed by atoms with Gasteiger partial charge in [-0.15, -0.1) is 0 Å². The van der Waals surface area contributed by atoms with E-state index in [0.29, 0.717) is 12.1 Å². The minimum Gasteiger partial charge on any atom is -0.309 e. The number of nitrogens with zero attached hydrogens (tertiary/aromatic N) is 2. The summed E-state index contributed by atoms with van der Waals surface area (Å²) >= 11 is 0. The molecule has 24 heavy (non-hydrogen) atoms. The molecular weight excluding hydrogens is 296 g/mol. The Morgan fingerprint density at radius 2 is 1.04 bits per heavy atom. The fraction of sp³-hybridized carbons (Fsp3) is 0.400. The maximum Gasteiger partial charge on any atom is 0.0968 e. The first-order valence-corrected chi connectivity index (χ1v) is 8.68. The van der Waals surface area contributed by atoms with Crippen LogP contribution in [-0.4, -0.2) is 22.1 Å². The van der Waals surface area contributed by atoms with Crippen molar-refractivity contribution in [2.75, 3.05) is 0 Å². The van der Waals surface area contributed by atoms with Gasteiger partial charge >= 0.3 is 0 Å². The van der Waals surface area contributed by atoms with Crippen molar-refractivity contribution in [2.45, 2.75) is 52.9 Å². The molecule has 0 aliphatic carbocycles. The molecule has 4 nitrogen and oxygen atoms in total. The standard InChI is InChI=1S/C20H26N4/c1-13(2)21-11-17-9-7-15-5-6-16-8-10-18(12-22-14(3)4)24-20(16)19(15)23-17/h5-10,13-14,21-22H,11-12H2,1-4H3.